The average Bonchev–Trinajstić information content (AvgIpc) is 3.47. The molecule has 0 N–H and O–H groups in total. The first kappa shape index (κ1) is 17.0. The number of amides is 1. The highest BCUT2D eigenvalue weighted by Gasteiger charge is 2.24. The number of piperazine rings is 1. The van der Waals surface area contributed by atoms with E-state index in [-0.39, 0.29) is 5.91 Å². The average molecular weight is 389 g/mol. The van der Waals surface area contributed by atoms with Crippen molar-refractivity contribution < 1.29 is 9.21 Å². The molecule has 0 atom stereocenters. The Morgan fingerprint density at radius 1 is 0.964 bits per heavy atom. The maximum absolute atomic E-state index is 12.5. The van der Waals surface area contributed by atoms with Crippen LogP contribution in [0.1, 0.15) is 10.6 Å². The molecule has 5 nitrogen and oxygen atoms in total. The third kappa shape index (κ3) is 3.05. The highest BCUT2D eigenvalue weighted by molar-refractivity contribution is 7.13. The quantitative estimate of drug-likeness (QED) is 0.517. The third-order valence-electron chi connectivity index (χ3n) is 5.12. The number of para-hydroxylation sites is 1. The molecule has 1 aliphatic rings. The van der Waals surface area contributed by atoms with Crippen LogP contribution >= 0.6 is 11.3 Å². The maximum atomic E-state index is 12.5. The van der Waals surface area contributed by atoms with Gasteiger partial charge in [-0.2, -0.15) is 0 Å². The maximum Gasteiger partial charge on any atom is 0.289 e. The lowest BCUT2D eigenvalue weighted by atomic mass is 10.1. The van der Waals surface area contributed by atoms with Crippen LogP contribution in [0, 0.1) is 0 Å². The lowest BCUT2D eigenvalue weighted by Gasteiger charge is -2.35. The van der Waals surface area contributed by atoms with Gasteiger partial charge in [0, 0.05) is 42.0 Å². The van der Waals surface area contributed by atoms with Crippen molar-refractivity contribution in [1.82, 2.24) is 9.88 Å². The summed E-state index contributed by atoms with van der Waals surface area (Å²) < 4.78 is 5.24. The van der Waals surface area contributed by atoms with E-state index in [0.717, 1.165) is 29.8 Å². The van der Waals surface area contributed by atoms with E-state index in [0.29, 0.717) is 18.8 Å². The molecule has 5 rings (SSSR count). The number of anilines is 1. The van der Waals surface area contributed by atoms with E-state index in [2.05, 4.69) is 52.7 Å². The predicted octanol–water partition coefficient (Wildman–Crippen LogP) is 4.52. The lowest BCUT2D eigenvalue weighted by molar-refractivity contribution is 0.0714. The van der Waals surface area contributed by atoms with Crippen LogP contribution in [0.5, 0.6) is 0 Å². The van der Waals surface area contributed by atoms with E-state index in [4.69, 9.17) is 9.40 Å². The normalized spacial score (nSPS) is 14.6. The van der Waals surface area contributed by atoms with E-state index in [1.165, 1.54) is 16.7 Å². The lowest BCUT2D eigenvalue weighted by Crippen LogP contribution is -2.49. The van der Waals surface area contributed by atoms with E-state index in [1.807, 2.05) is 4.90 Å². The molecule has 140 valence electrons. The van der Waals surface area contributed by atoms with Gasteiger partial charge in [0.2, 0.25) is 0 Å². The SMILES string of the molecule is O=C(c1ccco1)N1CCN(c2ccc3cccc(-c4cccs4)c3n2)CC1. The summed E-state index contributed by atoms with van der Waals surface area (Å²) in [5.74, 6) is 1.32. The van der Waals surface area contributed by atoms with E-state index in [9.17, 15) is 4.79 Å². The summed E-state index contributed by atoms with van der Waals surface area (Å²) in [6, 6.07) is 18.2. The molecule has 0 aliphatic carbocycles. The Balaban J connectivity index is 1.39. The molecule has 0 radical (unpaired) electrons. The second-order valence-electron chi connectivity index (χ2n) is 6.78. The van der Waals surface area contributed by atoms with Crippen LogP contribution in [0.15, 0.2) is 70.7 Å². The fourth-order valence-corrected chi connectivity index (χ4v) is 4.39. The topological polar surface area (TPSA) is 49.6 Å². The molecule has 4 aromatic rings. The first-order chi connectivity index (χ1) is 13.8. The number of furan rings is 1. The summed E-state index contributed by atoms with van der Waals surface area (Å²) >= 11 is 1.73. The Morgan fingerprint density at radius 3 is 2.61 bits per heavy atom. The number of thiophene rings is 1. The molecule has 1 aliphatic heterocycles. The monoisotopic (exact) mass is 389 g/mol. The zero-order valence-corrected chi connectivity index (χ0v) is 16.1. The van der Waals surface area contributed by atoms with Crippen molar-refractivity contribution in [3.05, 3.63) is 72.0 Å². The number of carbonyl (C=O) groups excluding carboxylic acids is 1. The van der Waals surface area contributed by atoms with Crippen molar-refractivity contribution in [3.8, 4) is 10.4 Å². The Bertz CT molecular complexity index is 1100. The number of rotatable bonds is 3. The number of hydrogen-bond donors (Lipinski definition) is 0. The van der Waals surface area contributed by atoms with Gasteiger partial charge in [-0.15, -0.1) is 11.3 Å². The first-order valence-corrected chi connectivity index (χ1v) is 10.2. The van der Waals surface area contributed by atoms with Crippen LogP contribution in [0.3, 0.4) is 0 Å². The van der Waals surface area contributed by atoms with Gasteiger partial charge in [0.1, 0.15) is 5.82 Å². The smallest absolute Gasteiger partial charge is 0.289 e. The van der Waals surface area contributed by atoms with E-state index >= 15 is 0 Å². The van der Waals surface area contributed by atoms with Crippen molar-refractivity contribution >= 4 is 34.0 Å². The van der Waals surface area contributed by atoms with Crippen LogP contribution < -0.4 is 4.90 Å². The summed E-state index contributed by atoms with van der Waals surface area (Å²) in [5.41, 5.74) is 2.19. The fourth-order valence-electron chi connectivity index (χ4n) is 3.64. The minimum absolute atomic E-state index is 0.0453. The number of benzene rings is 1. The first-order valence-electron chi connectivity index (χ1n) is 9.31. The van der Waals surface area contributed by atoms with Gasteiger partial charge in [-0.25, -0.2) is 4.98 Å². The minimum atomic E-state index is -0.0453. The zero-order chi connectivity index (χ0) is 18.9. The van der Waals surface area contributed by atoms with Gasteiger partial charge in [0.25, 0.3) is 5.91 Å². The number of nitrogens with zero attached hydrogens (tertiary/aromatic N) is 3. The van der Waals surface area contributed by atoms with Crippen LogP contribution in [-0.4, -0.2) is 42.0 Å². The highest BCUT2D eigenvalue weighted by Crippen LogP contribution is 2.32. The number of fused-ring (bicyclic) bond motifs is 1. The largest absolute Gasteiger partial charge is 0.459 e. The van der Waals surface area contributed by atoms with Crippen LogP contribution in [0.25, 0.3) is 21.3 Å². The molecule has 0 bridgehead atoms. The predicted molar refractivity (Wildman–Crippen MR) is 112 cm³/mol. The Kier molecular flexibility index (Phi) is 4.33. The number of carbonyl (C=O) groups is 1. The second kappa shape index (κ2) is 7.13. The van der Waals surface area contributed by atoms with Gasteiger partial charge in [0.15, 0.2) is 5.76 Å². The van der Waals surface area contributed by atoms with Crippen LogP contribution in [0.4, 0.5) is 5.82 Å². The van der Waals surface area contributed by atoms with Crippen LogP contribution in [0.2, 0.25) is 0 Å². The molecule has 6 heteroatoms. The molecule has 0 spiro atoms. The van der Waals surface area contributed by atoms with E-state index in [1.54, 1.807) is 23.5 Å². The van der Waals surface area contributed by atoms with Gasteiger partial charge >= 0.3 is 0 Å². The molecule has 1 amide bonds. The zero-order valence-electron chi connectivity index (χ0n) is 15.2. The number of pyridine rings is 1. The summed E-state index contributed by atoms with van der Waals surface area (Å²) in [6.45, 7) is 2.83. The summed E-state index contributed by atoms with van der Waals surface area (Å²) in [6.07, 6.45) is 1.54. The minimum Gasteiger partial charge on any atom is -0.459 e. The van der Waals surface area contributed by atoms with Gasteiger partial charge in [0.05, 0.1) is 11.8 Å². The Morgan fingerprint density at radius 2 is 1.86 bits per heavy atom. The molecular formula is C22H19N3O2S. The highest BCUT2D eigenvalue weighted by atomic mass is 32.1. The molecule has 0 unspecified atom stereocenters. The molecule has 1 saturated heterocycles. The van der Waals surface area contributed by atoms with Gasteiger partial charge in [-0.1, -0.05) is 24.3 Å². The van der Waals surface area contributed by atoms with Crippen molar-refractivity contribution in [1.29, 1.82) is 0 Å². The Labute approximate surface area is 166 Å². The molecule has 1 aromatic carbocycles. The Hall–Kier alpha value is -3.12. The second-order valence-corrected chi connectivity index (χ2v) is 7.73. The van der Waals surface area contributed by atoms with Gasteiger partial charge < -0.3 is 14.2 Å². The third-order valence-corrected chi connectivity index (χ3v) is 6.02. The molecule has 4 heterocycles. The summed E-state index contributed by atoms with van der Waals surface area (Å²) in [7, 11) is 0. The molecule has 0 saturated carbocycles. The van der Waals surface area contributed by atoms with Gasteiger partial charge in [-0.3, -0.25) is 4.79 Å². The van der Waals surface area contributed by atoms with Crippen molar-refractivity contribution in [2.75, 3.05) is 31.1 Å². The molecular weight excluding hydrogens is 370 g/mol. The molecule has 28 heavy (non-hydrogen) atoms. The van der Waals surface area contributed by atoms with Crippen LogP contribution in [-0.2, 0) is 0 Å². The van der Waals surface area contributed by atoms with E-state index < -0.39 is 0 Å². The summed E-state index contributed by atoms with van der Waals surface area (Å²) in [4.78, 5) is 22.8. The van der Waals surface area contributed by atoms with Crippen molar-refractivity contribution in [3.63, 3.8) is 0 Å². The standard InChI is InChI=1S/C22H19N3O2S/c26-22(18-6-2-14-27-18)25-12-10-24(11-13-25)20-9-8-16-4-1-5-17(21(16)23-20)19-7-3-15-28-19/h1-9,14-15H,10-13H2. The molecule has 1 fully saturated rings. The summed E-state index contributed by atoms with van der Waals surface area (Å²) in [5, 5.41) is 3.23. The van der Waals surface area contributed by atoms with Crippen molar-refractivity contribution in [2.24, 2.45) is 0 Å². The molecule has 3 aromatic heterocycles. The fraction of sp³-hybridized carbons (Fsp3) is 0.182. The number of aromatic nitrogens is 1. The number of hydrogen-bond acceptors (Lipinski definition) is 5. The van der Waals surface area contributed by atoms with Crippen molar-refractivity contribution in [2.45, 2.75) is 0 Å². The van der Waals surface area contributed by atoms with Gasteiger partial charge in [-0.05, 0) is 35.7 Å².